The standard InChI is InChI=1S/C15H15BrN2O4/c1-2-22-13-9(16)4-3-8-7-18(15(21)12(8)13)10-5-6-11(19)17-14(10)20/h3-4,10H,2,5-7H2,1H3,(H,17,19,20). The summed E-state index contributed by atoms with van der Waals surface area (Å²) < 4.78 is 6.29. The van der Waals surface area contributed by atoms with Gasteiger partial charge in [-0.15, -0.1) is 0 Å². The number of nitrogens with zero attached hydrogens (tertiary/aromatic N) is 1. The highest BCUT2D eigenvalue weighted by Gasteiger charge is 2.40. The van der Waals surface area contributed by atoms with Crippen molar-refractivity contribution in [3.05, 3.63) is 27.7 Å². The summed E-state index contributed by atoms with van der Waals surface area (Å²) >= 11 is 3.39. The third kappa shape index (κ3) is 2.39. The monoisotopic (exact) mass is 366 g/mol. The number of ether oxygens (including phenoxy) is 1. The highest BCUT2D eigenvalue weighted by molar-refractivity contribution is 9.10. The van der Waals surface area contributed by atoms with Crippen LogP contribution in [0.5, 0.6) is 5.75 Å². The Hall–Kier alpha value is -1.89. The Balaban J connectivity index is 1.93. The van der Waals surface area contributed by atoms with Crippen LogP contribution in [0.15, 0.2) is 16.6 Å². The van der Waals surface area contributed by atoms with Crippen LogP contribution in [-0.2, 0) is 16.1 Å². The number of carbonyl (C=O) groups is 3. The Labute approximate surface area is 135 Å². The summed E-state index contributed by atoms with van der Waals surface area (Å²) in [6.07, 6.45) is 0.605. The van der Waals surface area contributed by atoms with Crippen LogP contribution in [0.3, 0.4) is 0 Å². The first-order chi connectivity index (χ1) is 10.5. The minimum Gasteiger partial charge on any atom is -0.492 e. The lowest BCUT2D eigenvalue weighted by Gasteiger charge is -2.29. The summed E-state index contributed by atoms with van der Waals surface area (Å²) in [5.41, 5.74) is 1.34. The summed E-state index contributed by atoms with van der Waals surface area (Å²) in [4.78, 5) is 37.5. The van der Waals surface area contributed by atoms with Crippen molar-refractivity contribution in [3.8, 4) is 5.75 Å². The van der Waals surface area contributed by atoms with Gasteiger partial charge in [-0.25, -0.2) is 0 Å². The summed E-state index contributed by atoms with van der Waals surface area (Å²) in [5.74, 6) is -0.411. The molecule has 3 amide bonds. The highest BCUT2D eigenvalue weighted by atomic mass is 79.9. The lowest BCUT2D eigenvalue weighted by atomic mass is 10.0. The maximum Gasteiger partial charge on any atom is 0.259 e. The summed E-state index contributed by atoms with van der Waals surface area (Å²) in [5, 5.41) is 2.29. The molecule has 0 aromatic heterocycles. The third-order valence-electron chi connectivity index (χ3n) is 3.89. The molecule has 1 fully saturated rings. The second kappa shape index (κ2) is 5.72. The van der Waals surface area contributed by atoms with E-state index in [2.05, 4.69) is 21.2 Å². The quantitative estimate of drug-likeness (QED) is 0.824. The first-order valence-corrected chi connectivity index (χ1v) is 7.91. The number of amides is 3. The minimum atomic E-state index is -0.606. The van der Waals surface area contributed by atoms with Gasteiger partial charge < -0.3 is 9.64 Å². The van der Waals surface area contributed by atoms with Gasteiger partial charge in [0.2, 0.25) is 11.8 Å². The van der Waals surface area contributed by atoms with Gasteiger partial charge in [0.1, 0.15) is 11.8 Å². The van der Waals surface area contributed by atoms with Gasteiger partial charge in [0.25, 0.3) is 5.91 Å². The SMILES string of the molecule is CCOc1c(Br)ccc2c1C(=O)N(C1CCC(=O)NC1=O)C2. The van der Waals surface area contributed by atoms with Gasteiger partial charge in [0, 0.05) is 13.0 Å². The van der Waals surface area contributed by atoms with E-state index in [1.165, 1.54) is 4.90 Å². The lowest BCUT2D eigenvalue weighted by molar-refractivity contribution is -0.136. The van der Waals surface area contributed by atoms with Crippen molar-refractivity contribution < 1.29 is 19.1 Å². The smallest absolute Gasteiger partial charge is 0.259 e. The van der Waals surface area contributed by atoms with Gasteiger partial charge in [-0.05, 0) is 40.9 Å². The first kappa shape index (κ1) is 15.0. The number of halogens is 1. The molecular weight excluding hydrogens is 352 g/mol. The topological polar surface area (TPSA) is 75.7 Å². The van der Waals surface area contributed by atoms with Gasteiger partial charge in [0.15, 0.2) is 0 Å². The Morgan fingerprint density at radius 3 is 2.82 bits per heavy atom. The van der Waals surface area contributed by atoms with E-state index in [1.54, 1.807) is 0 Å². The highest BCUT2D eigenvalue weighted by Crippen LogP contribution is 2.38. The second-order valence-corrected chi connectivity index (χ2v) is 6.10. The summed E-state index contributed by atoms with van der Waals surface area (Å²) in [6, 6.07) is 3.09. The normalized spacial score (nSPS) is 20.9. The van der Waals surface area contributed by atoms with Gasteiger partial charge in [-0.3, -0.25) is 19.7 Å². The Morgan fingerprint density at radius 2 is 2.14 bits per heavy atom. The Kier molecular flexibility index (Phi) is 3.90. The number of hydrogen-bond donors (Lipinski definition) is 1. The van der Waals surface area contributed by atoms with E-state index in [0.717, 1.165) is 5.56 Å². The molecule has 2 aliphatic rings. The molecule has 6 nitrogen and oxygen atoms in total. The lowest BCUT2D eigenvalue weighted by Crippen LogP contribution is -2.52. The molecule has 2 aliphatic heterocycles. The van der Waals surface area contributed by atoms with E-state index in [1.807, 2.05) is 19.1 Å². The molecule has 1 atom stereocenters. The largest absolute Gasteiger partial charge is 0.492 e. The number of piperidine rings is 1. The molecule has 1 unspecified atom stereocenters. The van der Waals surface area contributed by atoms with Gasteiger partial charge in [-0.2, -0.15) is 0 Å². The molecule has 7 heteroatoms. The van der Waals surface area contributed by atoms with Gasteiger partial charge >= 0.3 is 0 Å². The molecule has 0 bridgehead atoms. The van der Waals surface area contributed by atoms with E-state index in [-0.39, 0.29) is 18.2 Å². The average Bonchev–Trinajstić information content (AvgIpc) is 2.80. The van der Waals surface area contributed by atoms with Crippen LogP contribution in [0.25, 0.3) is 0 Å². The maximum atomic E-state index is 12.7. The third-order valence-corrected chi connectivity index (χ3v) is 4.51. The van der Waals surface area contributed by atoms with Crippen molar-refractivity contribution in [2.45, 2.75) is 32.4 Å². The van der Waals surface area contributed by atoms with E-state index in [9.17, 15) is 14.4 Å². The molecule has 0 aliphatic carbocycles. The van der Waals surface area contributed by atoms with Crippen molar-refractivity contribution in [3.63, 3.8) is 0 Å². The molecule has 0 spiro atoms. The number of rotatable bonds is 3. The predicted octanol–water partition coefficient (Wildman–Crippen LogP) is 1.61. The molecule has 22 heavy (non-hydrogen) atoms. The van der Waals surface area contributed by atoms with Crippen molar-refractivity contribution in [1.82, 2.24) is 10.2 Å². The summed E-state index contributed by atoms with van der Waals surface area (Å²) in [6.45, 7) is 2.65. The number of imide groups is 1. The first-order valence-electron chi connectivity index (χ1n) is 7.11. The zero-order valence-electron chi connectivity index (χ0n) is 12.0. The van der Waals surface area contributed by atoms with Crippen molar-refractivity contribution in [2.24, 2.45) is 0 Å². The van der Waals surface area contributed by atoms with E-state index >= 15 is 0 Å². The van der Waals surface area contributed by atoms with Crippen LogP contribution in [0, 0.1) is 0 Å². The predicted molar refractivity (Wildman–Crippen MR) is 81.4 cm³/mol. The molecule has 1 aromatic carbocycles. The fourth-order valence-corrected chi connectivity index (χ4v) is 3.32. The van der Waals surface area contributed by atoms with Gasteiger partial charge in [-0.1, -0.05) is 6.07 Å². The fourth-order valence-electron chi connectivity index (χ4n) is 2.88. The molecule has 116 valence electrons. The summed E-state index contributed by atoms with van der Waals surface area (Å²) in [7, 11) is 0. The molecule has 0 radical (unpaired) electrons. The van der Waals surface area contributed by atoms with Crippen LogP contribution in [0.4, 0.5) is 0 Å². The Morgan fingerprint density at radius 1 is 1.36 bits per heavy atom. The van der Waals surface area contributed by atoms with Crippen molar-refractivity contribution in [1.29, 1.82) is 0 Å². The zero-order valence-corrected chi connectivity index (χ0v) is 13.6. The second-order valence-electron chi connectivity index (χ2n) is 5.24. The van der Waals surface area contributed by atoms with E-state index < -0.39 is 11.9 Å². The number of fused-ring (bicyclic) bond motifs is 1. The fraction of sp³-hybridized carbons (Fsp3) is 0.400. The number of benzene rings is 1. The molecule has 0 saturated carbocycles. The number of hydrogen-bond acceptors (Lipinski definition) is 4. The molecule has 3 rings (SSSR count). The van der Waals surface area contributed by atoms with Crippen LogP contribution >= 0.6 is 15.9 Å². The van der Waals surface area contributed by atoms with Crippen molar-refractivity contribution >= 4 is 33.7 Å². The molecule has 1 N–H and O–H groups in total. The minimum absolute atomic E-state index is 0.228. The average molecular weight is 367 g/mol. The molecule has 1 aromatic rings. The Bertz CT molecular complexity index is 674. The zero-order chi connectivity index (χ0) is 15.9. The van der Waals surface area contributed by atoms with Gasteiger partial charge in [0.05, 0.1) is 16.6 Å². The van der Waals surface area contributed by atoms with E-state index in [0.29, 0.717) is 35.4 Å². The molecule has 1 saturated heterocycles. The van der Waals surface area contributed by atoms with Crippen molar-refractivity contribution in [2.75, 3.05) is 6.61 Å². The van der Waals surface area contributed by atoms with Crippen LogP contribution < -0.4 is 10.1 Å². The van der Waals surface area contributed by atoms with Crippen LogP contribution in [0.1, 0.15) is 35.7 Å². The number of carbonyl (C=O) groups excluding carboxylic acids is 3. The maximum absolute atomic E-state index is 12.7. The van der Waals surface area contributed by atoms with Crippen LogP contribution in [0.2, 0.25) is 0 Å². The molecular formula is C15H15BrN2O4. The van der Waals surface area contributed by atoms with Crippen LogP contribution in [-0.4, -0.2) is 35.3 Å². The number of nitrogens with one attached hydrogen (secondary N) is 1. The molecule has 2 heterocycles. The van der Waals surface area contributed by atoms with E-state index in [4.69, 9.17) is 4.74 Å².